The topological polar surface area (TPSA) is 61.8 Å². The molecule has 1 aliphatic carbocycles. The highest BCUT2D eigenvalue weighted by Crippen LogP contribution is 2.49. The van der Waals surface area contributed by atoms with Gasteiger partial charge in [0.15, 0.2) is 0 Å². The Morgan fingerprint density at radius 2 is 2.16 bits per heavy atom. The molecule has 4 heteroatoms. The molecule has 3 N–H and O–H groups in total. The predicted molar refractivity (Wildman–Crippen MR) is 78.4 cm³/mol. The van der Waals surface area contributed by atoms with E-state index in [4.69, 9.17) is 10.9 Å². The van der Waals surface area contributed by atoms with Gasteiger partial charge in [-0.1, -0.05) is 24.9 Å². The highest BCUT2D eigenvalue weighted by atomic mass is 16.4. The molecule has 0 amide bonds. The van der Waals surface area contributed by atoms with E-state index < -0.39 is 0 Å². The van der Waals surface area contributed by atoms with Gasteiger partial charge in [-0.3, -0.25) is 0 Å². The normalized spacial score (nSPS) is 28.1. The van der Waals surface area contributed by atoms with Crippen LogP contribution in [0.1, 0.15) is 58.3 Å². The Morgan fingerprint density at radius 3 is 2.79 bits per heavy atom. The van der Waals surface area contributed by atoms with Gasteiger partial charge < -0.3 is 15.8 Å². The maximum Gasteiger partial charge on any atom is 0.139 e. The zero-order valence-electron chi connectivity index (χ0n) is 12.3. The second kappa shape index (κ2) is 6.60. The molecule has 2 aliphatic rings. The smallest absolute Gasteiger partial charge is 0.139 e. The monoisotopic (exact) mass is 267 g/mol. The lowest BCUT2D eigenvalue weighted by molar-refractivity contribution is 0.225. The number of rotatable bonds is 6. The fourth-order valence-corrected chi connectivity index (χ4v) is 3.54. The lowest BCUT2D eigenvalue weighted by Crippen LogP contribution is -2.33. The SMILES string of the molecule is CCCC1CCCN(CC2(CC(N)=NO)CC2)CC1. The second-order valence-corrected chi connectivity index (χ2v) is 6.63. The van der Waals surface area contributed by atoms with Crippen LogP contribution in [0.25, 0.3) is 0 Å². The molecule has 1 aliphatic heterocycles. The predicted octanol–water partition coefficient (Wildman–Crippen LogP) is 2.81. The van der Waals surface area contributed by atoms with Crippen molar-refractivity contribution >= 4 is 5.84 Å². The molecular weight excluding hydrogens is 238 g/mol. The molecule has 1 unspecified atom stereocenters. The van der Waals surface area contributed by atoms with E-state index in [9.17, 15) is 0 Å². The maximum atomic E-state index is 8.72. The number of hydrogen-bond acceptors (Lipinski definition) is 3. The molecule has 2 fully saturated rings. The molecule has 4 nitrogen and oxygen atoms in total. The molecule has 2 rings (SSSR count). The summed E-state index contributed by atoms with van der Waals surface area (Å²) in [5.74, 6) is 1.34. The van der Waals surface area contributed by atoms with Crippen molar-refractivity contribution < 1.29 is 5.21 Å². The lowest BCUT2D eigenvalue weighted by Gasteiger charge is -2.26. The van der Waals surface area contributed by atoms with Crippen LogP contribution < -0.4 is 5.73 Å². The molecular formula is C15H29N3O. The Kier molecular flexibility index (Phi) is 5.08. The van der Waals surface area contributed by atoms with E-state index in [0.717, 1.165) is 18.9 Å². The van der Waals surface area contributed by atoms with Gasteiger partial charge in [0.2, 0.25) is 0 Å². The van der Waals surface area contributed by atoms with Gasteiger partial charge in [0, 0.05) is 13.0 Å². The van der Waals surface area contributed by atoms with Crippen LogP contribution >= 0.6 is 0 Å². The minimum atomic E-state index is 0.320. The number of likely N-dealkylation sites (tertiary alicyclic amines) is 1. The van der Waals surface area contributed by atoms with E-state index in [-0.39, 0.29) is 0 Å². The van der Waals surface area contributed by atoms with E-state index in [2.05, 4.69) is 17.0 Å². The first-order valence-electron chi connectivity index (χ1n) is 7.86. The third kappa shape index (κ3) is 4.37. The van der Waals surface area contributed by atoms with Gasteiger partial charge in [0.1, 0.15) is 5.84 Å². The molecule has 1 saturated heterocycles. The molecule has 0 aromatic rings. The van der Waals surface area contributed by atoms with Gasteiger partial charge in [0.25, 0.3) is 0 Å². The summed E-state index contributed by atoms with van der Waals surface area (Å²) in [6, 6.07) is 0. The number of nitrogens with zero attached hydrogens (tertiary/aromatic N) is 2. The molecule has 1 atom stereocenters. The molecule has 19 heavy (non-hydrogen) atoms. The van der Waals surface area contributed by atoms with Gasteiger partial charge in [-0.05, 0) is 56.5 Å². The van der Waals surface area contributed by atoms with E-state index in [1.54, 1.807) is 0 Å². The Labute approximate surface area is 117 Å². The number of amidine groups is 1. The minimum absolute atomic E-state index is 0.320. The van der Waals surface area contributed by atoms with E-state index in [0.29, 0.717) is 11.3 Å². The van der Waals surface area contributed by atoms with Gasteiger partial charge in [-0.25, -0.2) is 0 Å². The highest BCUT2D eigenvalue weighted by molar-refractivity contribution is 5.80. The van der Waals surface area contributed by atoms with E-state index in [1.807, 2.05) is 0 Å². The fourth-order valence-electron chi connectivity index (χ4n) is 3.54. The summed E-state index contributed by atoms with van der Waals surface area (Å²) in [5.41, 5.74) is 6.00. The highest BCUT2D eigenvalue weighted by Gasteiger charge is 2.44. The summed E-state index contributed by atoms with van der Waals surface area (Å²) in [5, 5.41) is 11.9. The quantitative estimate of drug-likeness (QED) is 0.337. The number of oxime groups is 1. The summed E-state index contributed by atoms with van der Waals surface area (Å²) in [6.07, 6.45) is 10.0. The van der Waals surface area contributed by atoms with E-state index >= 15 is 0 Å². The van der Waals surface area contributed by atoms with Gasteiger partial charge >= 0.3 is 0 Å². The van der Waals surface area contributed by atoms with Crippen molar-refractivity contribution in [3.63, 3.8) is 0 Å². The van der Waals surface area contributed by atoms with Crippen molar-refractivity contribution in [2.75, 3.05) is 19.6 Å². The van der Waals surface area contributed by atoms with Crippen molar-refractivity contribution in [1.29, 1.82) is 0 Å². The summed E-state index contributed by atoms with van der Waals surface area (Å²) < 4.78 is 0. The third-order valence-corrected chi connectivity index (χ3v) is 4.84. The van der Waals surface area contributed by atoms with Crippen molar-refractivity contribution in [3.8, 4) is 0 Å². The van der Waals surface area contributed by atoms with Crippen LogP contribution in [0.4, 0.5) is 0 Å². The lowest BCUT2D eigenvalue weighted by atomic mass is 9.96. The maximum absolute atomic E-state index is 8.72. The van der Waals surface area contributed by atoms with Crippen LogP contribution in [0.3, 0.4) is 0 Å². The van der Waals surface area contributed by atoms with Crippen molar-refractivity contribution in [2.45, 2.75) is 58.3 Å². The van der Waals surface area contributed by atoms with Crippen molar-refractivity contribution in [2.24, 2.45) is 22.2 Å². The van der Waals surface area contributed by atoms with E-state index in [1.165, 1.54) is 58.0 Å². The number of nitrogens with two attached hydrogens (primary N) is 1. The van der Waals surface area contributed by atoms with Crippen LogP contribution in [-0.2, 0) is 0 Å². The number of hydrogen-bond donors (Lipinski definition) is 2. The first-order valence-corrected chi connectivity index (χ1v) is 7.86. The molecule has 110 valence electrons. The summed E-state index contributed by atoms with van der Waals surface area (Å²) in [4.78, 5) is 2.62. The second-order valence-electron chi connectivity index (χ2n) is 6.63. The molecule has 0 aromatic heterocycles. The first kappa shape index (κ1) is 14.6. The van der Waals surface area contributed by atoms with Gasteiger partial charge in [0.05, 0.1) is 0 Å². The Bertz CT molecular complexity index is 313. The summed E-state index contributed by atoms with van der Waals surface area (Å²) >= 11 is 0. The molecule has 1 heterocycles. The molecule has 0 radical (unpaired) electrons. The van der Waals surface area contributed by atoms with Gasteiger partial charge in [-0.15, -0.1) is 0 Å². The summed E-state index contributed by atoms with van der Waals surface area (Å²) in [7, 11) is 0. The first-order chi connectivity index (χ1) is 9.17. The standard InChI is InChI=1S/C15H29N3O/c1-2-4-13-5-3-9-18(10-6-13)12-15(7-8-15)11-14(16)17-19/h13,19H,2-12H2,1H3,(H2,16,17). The van der Waals surface area contributed by atoms with Crippen LogP contribution in [0.5, 0.6) is 0 Å². The average molecular weight is 267 g/mol. The fraction of sp³-hybridized carbons (Fsp3) is 0.933. The largest absolute Gasteiger partial charge is 0.409 e. The molecule has 0 aromatic carbocycles. The molecule has 1 saturated carbocycles. The zero-order chi connectivity index (χ0) is 13.7. The van der Waals surface area contributed by atoms with Crippen LogP contribution in [0.15, 0.2) is 5.16 Å². The van der Waals surface area contributed by atoms with Crippen LogP contribution in [0.2, 0.25) is 0 Å². The molecule has 0 spiro atoms. The summed E-state index contributed by atoms with van der Waals surface area (Å²) in [6.45, 7) is 5.90. The molecule has 0 bridgehead atoms. The Morgan fingerprint density at radius 1 is 1.37 bits per heavy atom. The van der Waals surface area contributed by atoms with Gasteiger partial charge in [-0.2, -0.15) is 0 Å². The Hall–Kier alpha value is -0.770. The van der Waals surface area contributed by atoms with Crippen molar-refractivity contribution in [1.82, 2.24) is 4.90 Å². The minimum Gasteiger partial charge on any atom is -0.409 e. The third-order valence-electron chi connectivity index (χ3n) is 4.84. The van der Waals surface area contributed by atoms with Crippen LogP contribution in [0, 0.1) is 11.3 Å². The zero-order valence-corrected chi connectivity index (χ0v) is 12.3. The van der Waals surface area contributed by atoms with Crippen molar-refractivity contribution in [3.05, 3.63) is 0 Å². The Balaban J connectivity index is 1.80. The average Bonchev–Trinajstić information content (AvgIpc) is 3.17. The van der Waals surface area contributed by atoms with Crippen LogP contribution in [-0.4, -0.2) is 35.6 Å².